The number of aliphatic imine (C=N–C) groups is 1. The molecule has 1 heterocycles. The minimum Gasteiger partial charge on any atom is -0.465 e. The molecule has 2 aromatic rings. The summed E-state index contributed by atoms with van der Waals surface area (Å²) in [7, 11) is 0. The van der Waals surface area contributed by atoms with E-state index in [9.17, 15) is 9.18 Å². The first-order chi connectivity index (χ1) is 13.6. The van der Waals surface area contributed by atoms with E-state index in [1.54, 1.807) is 24.3 Å². The van der Waals surface area contributed by atoms with Crippen molar-refractivity contribution in [3.63, 3.8) is 0 Å². The first-order valence-corrected chi connectivity index (χ1v) is 9.84. The highest BCUT2D eigenvalue weighted by molar-refractivity contribution is 6.15. The molecule has 0 atom stereocenters. The van der Waals surface area contributed by atoms with Crippen molar-refractivity contribution in [3.05, 3.63) is 59.4 Å². The van der Waals surface area contributed by atoms with Gasteiger partial charge in [0.25, 0.3) is 0 Å². The van der Waals surface area contributed by atoms with Crippen molar-refractivity contribution in [1.29, 1.82) is 0 Å². The Morgan fingerprint density at radius 2 is 1.79 bits per heavy atom. The first-order valence-electron chi connectivity index (χ1n) is 9.84. The average molecular weight is 398 g/mol. The molecule has 3 rings (SSSR count). The van der Waals surface area contributed by atoms with Gasteiger partial charge in [-0.05, 0) is 57.2 Å². The largest absolute Gasteiger partial charge is 0.465 e. The minimum absolute atomic E-state index is 0.299. The molecule has 0 aromatic heterocycles. The van der Waals surface area contributed by atoms with Crippen molar-refractivity contribution in [2.24, 2.45) is 4.99 Å². The molecule has 1 amide bonds. The fourth-order valence-electron chi connectivity index (χ4n) is 3.16. The van der Waals surface area contributed by atoms with Crippen LogP contribution in [0.15, 0.2) is 47.5 Å². The van der Waals surface area contributed by atoms with Gasteiger partial charge < -0.3 is 14.8 Å². The average Bonchev–Trinajstić information content (AvgIpc) is 2.66. The van der Waals surface area contributed by atoms with Gasteiger partial charge in [0.05, 0.1) is 5.71 Å². The van der Waals surface area contributed by atoms with Crippen molar-refractivity contribution < 1.29 is 18.7 Å². The molecule has 1 aliphatic heterocycles. The standard InChI is InChI=1S/C23H27FN2O3/c1-6-23(7-2)25-20(15-8-10-16(24)11-9-15)18-13-12-17(14-19(18)29-23)28-21(27)26-22(3,4)5/h8-14H,6-7H2,1-5H3,(H,26,27). The minimum atomic E-state index is -0.719. The number of nitrogens with one attached hydrogen (secondary N) is 1. The second-order valence-corrected chi connectivity index (χ2v) is 8.15. The number of ether oxygens (including phenoxy) is 2. The first kappa shape index (κ1) is 20.8. The molecule has 1 N–H and O–H groups in total. The molecule has 154 valence electrons. The van der Waals surface area contributed by atoms with Gasteiger partial charge in [0, 0.05) is 35.6 Å². The maximum absolute atomic E-state index is 13.4. The smallest absolute Gasteiger partial charge is 0.413 e. The van der Waals surface area contributed by atoms with E-state index in [1.165, 1.54) is 12.1 Å². The summed E-state index contributed by atoms with van der Waals surface area (Å²) < 4.78 is 25.1. The monoisotopic (exact) mass is 398 g/mol. The number of nitrogens with zero attached hydrogens (tertiary/aromatic N) is 1. The Bertz CT molecular complexity index is 926. The molecule has 0 bridgehead atoms. The van der Waals surface area contributed by atoms with Crippen LogP contribution >= 0.6 is 0 Å². The second-order valence-electron chi connectivity index (χ2n) is 8.15. The van der Waals surface area contributed by atoms with Crippen molar-refractivity contribution in [3.8, 4) is 11.5 Å². The van der Waals surface area contributed by atoms with Gasteiger partial charge >= 0.3 is 6.09 Å². The van der Waals surface area contributed by atoms with Crippen LogP contribution in [-0.4, -0.2) is 23.1 Å². The predicted molar refractivity (Wildman–Crippen MR) is 111 cm³/mol. The van der Waals surface area contributed by atoms with Gasteiger partial charge in [-0.2, -0.15) is 0 Å². The van der Waals surface area contributed by atoms with E-state index in [0.717, 1.165) is 16.8 Å². The van der Waals surface area contributed by atoms with E-state index in [0.29, 0.717) is 24.3 Å². The molecule has 0 radical (unpaired) electrons. The number of rotatable bonds is 4. The van der Waals surface area contributed by atoms with E-state index < -0.39 is 17.4 Å². The SMILES string of the molecule is CCC1(CC)N=C(c2ccc(F)cc2)c2ccc(OC(=O)NC(C)(C)C)cc2O1. The van der Waals surface area contributed by atoms with Crippen LogP contribution in [0.2, 0.25) is 0 Å². The van der Waals surface area contributed by atoms with E-state index >= 15 is 0 Å². The Morgan fingerprint density at radius 3 is 2.38 bits per heavy atom. The van der Waals surface area contributed by atoms with E-state index in [1.807, 2.05) is 40.7 Å². The third-order valence-electron chi connectivity index (χ3n) is 4.73. The van der Waals surface area contributed by atoms with Gasteiger partial charge in [-0.1, -0.05) is 13.8 Å². The Morgan fingerprint density at radius 1 is 1.14 bits per heavy atom. The molecule has 6 heteroatoms. The Balaban J connectivity index is 1.99. The lowest BCUT2D eigenvalue weighted by molar-refractivity contribution is 0.0657. The van der Waals surface area contributed by atoms with Crippen LogP contribution in [-0.2, 0) is 0 Å². The Kier molecular flexibility index (Phi) is 5.64. The molecule has 29 heavy (non-hydrogen) atoms. The zero-order valence-corrected chi connectivity index (χ0v) is 17.5. The summed E-state index contributed by atoms with van der Waals surface area (Å²) in [4.78, 5) is 17.0. The maximum atomic E-state index is 13.4. The number of benzene rings is 2. The van der Waals surface area contributed by atoms with Crippen LogP contribution in [0.4, 0.5) is 9.18 Å². The highest BCUT2D eigenvalue weighted by Gasteiger charge is 2.34. The predicted octanol–water partition coefficient (Wildman–Crippen LogP) is 5.46. The lowest BCUT2D eigenvalue weighted by Crippen LogP contribution is -2.42. The summed E-state index contributed by atoms with van der Waals surface area (Å²) in [6, 6.07) is 11.5. The fourth-order valence-corrected chi connectivity index (χ4v) is 3.16. The van der Waals surface area contributed by atoms with Crippen LogP contribution in [0, 0.1) is 5.82 Å². The van der Waals surface area contributed by atoms with Gasteiger partial charge in [0.2, 0.25) is 0 Å². The molecule has 0 aliphatic carbocycles. The third kappa shape index (κ3) is 4.75. The topological polar surface area (TPSA) is 59.9 Å². The van der Waals surface area contributed by atoms with Crippen LogP contribution in [0.25, 0.3) is 0 Å². The molecule has 2 aromatic carbocycles. The zero-order valence-electron chi connectivity index (χ0n) is 17.5. The number of hydrogen-bond acceptors (Lipinski definition) is 4. The summed E-state index contributed by atoms with van der Waals surface area (Å²) >= 11 is 0. The van der Waals surface area contributed by atoms with Crippen LogP contribution in [0.5, 0.6) is 11.5 Å². The van der Waals surface area contributed by atoms with Crippen LogP contribution < -0.4 is 14.8 Å². The van der Waals surface area contributed by atoms with Crippen molar-refractivity contribution >= 4 is 11.8 Å². The molecule has 5 nitrogen and oxygen atoms in total. The quantitative estimate of drug-likeness (QED) is 0.744. The number of fused-ring (bicyclic) bond motifs is 1. The van der Waals surface area contributed by atoms with E-state index in [2.05, 4.69) is 5.32 Å². The highest BCUT2D eigenvalue weighted by Crippen LogP contribution is 2.38. The maximum Gasteiger partial charge on any atom is 0.413 e. The van der Waals surface area contributed by atoms with E-state index in [-0.39, 0.29) is 5.82 Å². The molecular weight excluding hydrogens is 371 g/mol. The summed E-state index contributed by atoms with van der Waals surface area (Å²) in [6.07, 6.45) is 0.810. The molecule has 0 unspecified atom stereocenters. The van der Waals surface area contributed by atoms with Gasteiger partial charge in [-0.25, -0.2) is 14.2 Å². The Hall–Kier alpha value is -2.89. The van der Waals surface area contributed by atoms with Gasteiger partial charge in [0.1, 0.15) is 17.3 Å². The number of carbonyl (C=O) groups is 1. The van der Waals surface area contributed by atoms with Crippen molar-refractivity contribution in [2.45, 2.75) is 58.7 Å². The molecule has 0 fully saturated rings. The third-order valence-corrected chi connectivity index (χ3v) is 4.73. The number of halogens is 1. The summed E-state index contributed by atoms with van der Waals surface area (Å²) in [5.74, 6) is 0.670. The highest BCUT2D eigenvalue weighted by atomic mass is 19.1. The lowest BCUT2D eigenvalue weighted by Gasteiger charge is -2.35. The van der Waals surface area contributed by atoms with Crippen LogP contribution in [0.1, 0.15) is 58.6 Å². The number of amides is 1. The second kappa shape index (κ2) is 7.85. The summed E-state index contributed by atoms with van der Waals surface area (Å²) in [6.45, 7) is 9.67. The molecule has 0 spiro atoms. The van der Waals surface area contributed by atoms with Gasteiger partial charge in [-0.3, -0.25) is 0 Å². The molecular formula is C23H27FN2O3. The fraction of sp³-hybridized carbons (Fsp3) is 0.391. The summed E-state index contributed by atoms with van der Waals surface area (Å²) in [5.41, 5.74) is 1.20. The summed E-state index contributed by atoms with van der Waals surface area (Å²) in [5, 5.41) is 2.76. The number of hydrogen-bond donors (Lipinski definition) is 1. The van der Waals surface area contributed by atoms with Gasteiger partial charge in [-0.15, -0.1) is 0 Å². The molecule has 0 saturated carbocycles. The van der Waals surface area contributed by atoms with Gasteiger partial charge in [0.15, 0.2) is 5.72 Å². The zero-order chi connectivity index (χ0) is 21.2. The number of carbonyl (C=O) groups excluding carboxylic acids is 1. The lowest BCUT2D eigenvalue weighted by atomic mass is 9.96. The van der Waals surface area contributed by atoms with Crippen molar-refractivity contribution in [2.75, 3.05) is 0 Å². The van der Waals surface area contributed by atoms with Crippen LogP contribution in [0.3, 0.4) is 0 Å². The Labute approximate surface area is 170 Å². The van der Waals surface area contributed by atoms with E-state index in [4.69, 9.17) is 14.5 Å². The normalized spacial score (nSPS) is 15.0. The molecule has 0 saturated heterocycles. The molecule has 1 aliphatic rings. The van der Waals surface area contributed by atoms with Crippen molar-refractivity contribution in [1.82, 2.24) is 5.32 Å².